The van der Waals surface area contributed by atoms with E-state index in [1.807, 2.05) is 13.8 Å². The number of hydrogen-bond acceptors (Lipinski definition) is 4. The number of unbranched alkanes of at least 4 members (excludes halogenated alkanes) is 1. The summed E-state index contributed by atoms with van der Waals surface area (Å²) in [6.45, 7) is 10.7. The van der Waals surface area contributed by atoms with Crippen LogP contribution in [0.4, 0.5) is 5.13 Å². The average Bonchev–Trinajstić information content (AvgIpc) is 2.90. The van der Waals surface area contributed by atoms with Crippen LogP contribution in [0.3, 0.4) is 0 Å². The third kappa shape index (κ3) is 3.18. The minimum Gasteiger partial charge on any atom is -0.361 e. The maximum absolute atomic E-state index is 11.7. The van der Waals surface area contributed by atoms with E-state index in [1.54, 1.807) is 18.3 Å². The number of carbonyl (C=O) groups excluding carboxylic acids is 1. The molecule has 2 aromatic heterocycles. The van der Waals surface area contributed by atoms with Crippen LogP contribution >= 0.6 is 11.3 Å². The minimum absolute atomic E-state index is 0.0988. The number of H-pyrrole nitrogens is 1. The Morgan fingerprint density at radius 3 is 2.62 bits per heavy atom. The lowest BCUT2D eigenvalue weighted by Crippen LogP contribution is -2.00. The molecule has 2 N–H and O–H groups in total. The van der Waals surface area contributed by atoms with Crippen molar-refractivity contribution in [2.45, 2.75) is 47.5 Å². The molecule has 0 spiro atoms. The number of anilines is 1. The van der Waals surface area contributed by atoms with E-state index in [0.29, 0.717) is 0 Å². The van der Waals surface area contributed by atoms with E-state index < -0.39 is 0 Å². The summed E-state index contributed by atoms with van der Waals surface area (Å²) in [5.74, 6) is 0.0988. The highest BCUT2D eigenvalue weighted by Gasteiger charge is 2.19. The van der Waals surface area contributed by atoms with Gasteiger partial charge in [-0.3, -0.25) is 4.79 Å². The number of aryl methyl sites for hydroxylation is 2. The van der Waals surface area contributed by atoms with Crippen molar-refractivity contribution >= 4 is 22.3 Å². The van der Waals surface area contributed by atoms with Crippen molar-refractivity contribution in [3.8, 4) is 11.4 Å². The molecule has 0 aromatic carbocycles. The average molecular weight is 305 g/mol. The van der Waals surface area contributed by atoms with Crippen LogP contribution in [0, 0.1) is 20.8 Å². The molecular formula is C16H23N3OS. The number of carbonyl (C=O) groups is 1. The lowest BCUT2D eigenvalue weighted by molar-refractivity contribution is 0.101. The topological polar surface area (TPSA) is 57.8 Å². The van der Waals surface area contributed by atoms with Crippen molar-refractivity contribution in [2.24, 2.45) is 0 Å². The van der Waals surface area contributed by atoms with E-state index in [4.69, 9.17) is 4.98 Å². The predicted octanol–water partition coefficient (Wildman–Crippen LogP) is 4.48. The van der Waals surface area contributed by atoms with Gasteiger partial charge >= 0.3 is 0 Å². The summed E-state index contributed by atoms with van der Waals surface area (Å²) in [5, 5.41) is 4.32. The van der Waals surface area contributed by atoms with Crippen molar-refractivity contribution in [3.05, 3.63) is 21.7 Å². The zero-order valence-electron chi connectivity index (χ0n) is 13.4. The Labute approximate surface area is 130 Å². The number of nitrogens with one attached hydrogen (secondary N) is 2. The maximum atomic E-state index is 11.7. The molecule has 0 fully saturated rings. The van der Waals surface area contributed by atoms with E-state index in [2.05, 4.69) is 24.1 Å². The third-order valence-corrected chi connectivity index (χ3v) is 4.56. The number of hydrogen-bond donors (Lipinski definition) is 2. The first-order valence-electron chi connectivity index (χ1n) is 7.37. The Morgan fingerprint density at radius 2 is 2.05 bits per heavy atom. The number of Topliss-reactive ketones (excluding diaryl/α,β-unsaturated/α-hetero) is 1. The van der Waals surface area contributed by atoms with Crippen LogP contribution in [0.2, 0.25) is 0 Å². The molecule has 5 heteroatoms. The molecule has 2 aromatic rings. The first-order chi connectivity index (χ1) is 9.95. The van der Waals surface area contributed by atoms with Gasteiger partial charge in [-0.2, -0.15) is 0 Å². The molecule has 4 nitrogen and oxygen atoms in total. The first-order valence-corrected chi connectivity index (χ1v) is 8.19. The monoisotopic (exact) mass is 305 g/mol. The lowest BCUT2D eigenvalue weighted by atomic mass is 10.1. The second-order valence-corrected chi connectivity index (χ2v) is 6.59. The molecule has 2 rings (SSSR count). The molecule has 0 aliphatic rings. The summed E-state index contributed by atoms with van der Waals surface area (Å²) >= 11 is 1.66. The molecule has 0 bridgehead atoms. The number of aromatic nitrogens is 2. The van der Waals surface area contributed by atoms with Gasteiger partial charge in [-0.05, 0) is 39.7 Å². The zero-order chi connectivity index (χ0) is 15.6. The summed E-state index contributed by atoms with van der Waals surface area (Å²) in [6.07, 6.45) is 2.31. The lowest BCUT2D eigenvalue weighted by Gasteiger charge is -2.00. The van der Waals surface area contributed by atoms with Crippen molar-refractivity contribution in [2.75, 3.05) is 11.9 Å². The van der Waals surface area contributed by atoms with E-state index in [0.717, 1.165) is 51.2 Å². The molecule has 0 saturated heterocycles. The Kier molecular flexibility index (Phi) is 4.83. The van der Waals surface area contributed by atoms with Gasteiger partial charge in [0.15, 0.2) is 10.9 Å². The predicted molar refractivity (Wildman–Crippen MR) is 89.5 cm³/mol. The SMILES string of the molecule is CCCCNc1nc(-c2[nH]c(C)c(C(C)=O)c2C)c(C)s1. The van der Waals surface area contributed by atoms with Crippen LogP contribution in [-0.4, -0.2) is 22.3 Å². The molecule has 0 radical (unpaired) electrons. The smallest absolute Gasteiger partial charge is 0.183 e. The van der Waals surface area contributed by atoms with Gasteiger partial charge < -0.3 is 10.3 Å². The van der Waals surface area contributed by atoms with Crippen LogP contribution in [-0.2, 0) is 0 Å². The highest BCUT2D eigenvalue weighted by molar-refractivity contribution is 7.16. The van der Waals surface area contributed by atoms with E-state index in [-0.39, 0.29) is 5.78 Å². The molecule has 0 saturated carbocycles. The first kappa shape index (κ1) is 15.8. The summed E-state index contributed by atoms with van der Waals surface area (Å²) in [6, 6.07) is 0. The maximum Gasteiger partial charge on any atom is 0.183 e. The van der Waals surface area contributed by atoms with Gasteiger partial charge in [0.05, 0.1) is 5.69 Å². The molecule has 0 atom stereocenters. The number of aromatic amines is 1. The minimum atomic E-state index is 0.0988. The fraction of sp³-hybridized carbons (Fsp3) is 0.500. The van der Waals surface area contributed by atoms with E-state index in [1.165, 1.54) is 6.42 Å². The molecule has 2 heterocycles. The summed E-state index contributed by atoms with van der Waals surface area (Å²) in [7, 11) is 0. The Balaban J connectivity index is 2.34. The van der Waals surface area contributed by atoms with Gasteiger partial charge in [-0.15, -0.1) is 11.3 Å². The fourth-order valence-corrected chi connectivity index (χ4v) is 3.44. The van der Waals surface area contributed by atoms with Crippen LogP contribution in [0.25, 0.3) is 11.4 Å². The van der Waals surface area contributed by atoms with Crippen LogP contribution in [0.5, 0.6) is 0 Å². The third-order valence-electron chi connectivity index (χ3n) is 3.63. The number of nitrogens with zero attached hydrogens (tertiary/aromatic N) is 1. The second-order valence-electron chi connectivity index (χ2n) is 5.39. The molecule has 0 aliphatic heterocycles. The van der Waals surface area contributed by atoms with Gasteiger partial charge in [0.25, 0.3) is 0 Å². The van der Waals surface area contributed by atoms with Gasteiger partial charge in [0.2, 0.25) is 0 Å². The van der Waals surface area contributed by atoms with Gasteiger partial charge in [0, 0.05) is 22.7 Å². The standard InChI is InChI=1S/C16H23N3OS/c1-6-7-8-17-16-19-15(12(5)21-16)14-9(2)13(11(4)20)10(3)18-14/h18H,6-8H2,1-5H3,(H,17,19). The molecule has 21 heavy (non-hydrogen) atoms. The Bertz CT molecular complexity index is 655. The number of ketones is 1. The van der Waals surface area contributed by atoms with Crippen molar-refractivity contribution in [1.82, 2.24) is 9.97 Å². The van der Waals surface area contributed by atoms with Gasteiger partial charge in [0.1, 0.15) is 5.69 Å². The highest BCUT2D eigenvalue weighted by Crippen LogP contribution is 2.34. The fourth-order valence-electron chi connectivity index (χ4n) is 2.59. The summed E-state index contributed by atoms with van der Waals surface area (Å²) < 4.78 is 0. The largest absolute Gasteiger partial charge is 0.361 e. The molecular weight excluding hydrogens is 282 g/mol. The zero-order valence-corrected chi connectivity index (χ0v) is 14.2. The van der Waals surface area contributed by atoms with Crippen molar-refractivity contribution in [3.63, 3.8) is 0 Å². The van der Waals surface area contributed by atoms with Crippen LogP contribution in [0.1, 0.15) is 53.2 Å². The molecule has 0 amide bonds. The quantitative estimate of drug-likeness (QED) is 0.611. The normalized spacial score (nSPS) is 10.9. The highest BCUT2D eigenvalue weighted by atomic mass is 32.1. The summed E-state index contributed by atoms with van der Waals surface area (Å²) in [4.78, 5) is 20.9. The summed E-state index contributed by atoms with van der Waals surface area (Å²) in [5.41, 5.74) is 4.62. The Hall–Kier alpha value is -1.62. The molecule has 114 valence electrons. The molecule has 0 unspecified atom stereocenters. The van der Waals surface area contributed by atoms with Gasteiger partial charge in [-0.25, -0.2) is 4.98 Å². The Morgan fingerprint density at radius 1 is 1.33 bits per heavy atom. The molecule has 0 aliphatic carbocycles. The van der Waals surface area contributed by atoms with E-state index in [9.17, 15) is 4.79 Å². The number of rotatable bonds is 6. The van der Waals surface area contributed by atoms with E-state index >= 15 is 0 Å². The van der Waals surface area contributed by atoms with Crippen LogP contribution < -0.4 is 5.32 Å². The van der Waals surface area contributed by atoms with Gasteiger partial charge in [-0.1, -0.05) is 13.3 Å². The van der Waals surface area contributed by atoms with Crippen molar-refractivity contribution in [1.29, 1.82) is 0 Å². The van der Waals surface area contributed by atoms with Crippen LogP contribution in [0.15, 0.2) is 0 Å². The number of thiazole rings is 1. The second kappa shape index (κ2) is 6.43. The van der Waals surface area contributed by atoms with Crippen molar-refractivity contribution < 1.29 is 4.79 Å².